The Labute approximate surface area is 93.8 Å². The first-order chi connectivity index (χ1) is 6.90. The Kier molecular flexibility index (Phi) is 3.80. The van der Waals surface area contributed by atoms with E-state index in [0.717, 1.165) is 12.8 Å². The number of hydrogen-bond acceptors (Lipinski definition) is 1. The van der Waals surface area contributed by atoms with Crippen molar-refractivity contribution in [2.45, 2.75) is 59.9 Å². The third-order valence-electron chi connectivity index (χ3n) is 4.12. The molecular weight excluding hydrogens is 186 g/mol. The van der Waals surface area contributed by atoms with Gasteiger partial charge in [0.25, 0.3) is 0 Å². The van der Waals surface area contributed by atoms with Gasteiger partial charge in [0.15, 0.2) is 0 Å². The first-order valence-corrected chi connectivity index (χ1v) is 6.19. The largest absolute Gasteiger partial charge is 0.353 e. The molecule has 0 aliphatic carbocycles. The van der Waals surface area contributed by atoms with Gasteiger partial charge in [0.05, 0.1) is 0 Å². The number of carbonyl (C=O) groups is 1. The predicted molar refractivity (Wildman–Crippen MR) is 63.6 cm³/mol. The summed E-state index contributed by atoms with van der Waals surface area (Å²) in [5, 5.41) is 3.15. The lowest BCUT2D eigenvalue weighted by atomic mass is 9.69. The van der Waals surface area contributed by atoms with Gasteiger partial charge in [-0.2, -0.15) is 0 Å². The van der Waals surface area contributed by atoms with Gasteiger partial charge in [0, 0.05) is 12.5 Å². The monoisotopic (exact) mass is 211 g/mol. The molecule has 0 bridgehead atoms. The van der Waals surface area contributed by atoms with E-state index in [-0.39, 0.29) is 11.3 Å². The van der Waals surface area contributed by atoms with E-state index < -0.39 is 0 Å². The summed E-state index contributed by atoms with van der Waals surface area (Å²) in [6.07, 6.45) is 2.96. The molecule has 0 aromatic heterocycles. The molecule has 1 heterocycles. The number of nitrogens with one attached hydrogen (secondary N) is 1. The molecule has 0 spiro atoms. The van der Waals surface area contributed by atoms with Crippen LogP contribution in [0.4, 0.5) is 0 Å². The molecule has 1 rings (SSSR count). The van der Waals surface area contributed by atoms with E-state index >= 15 is 0 Å². The van der Waals surface area contributed by atoms with Gasteiger partial charge in [0.2, 0.25) is 5.91 Å². The maximum atomic E-state index is 11.6. The van der Waals surface area contributed by atoms with Crippen LogP contribution in [-0.4, -0.2) is 11.9 Å². The zero-order chi connectivity index (χ0) is 11.6. The molecule has 1 saturated heterocycles. The van der Waals surface area contributed by atoms with Gasteiger partial charge in [0.1, 0.15) is 0 Å². The molecule has 3 unspecified atom stereocenters. The molecular formula is C13H25NO. The van der Waals surface area contributed by atoms with E-state index in [9.17, 15) is 4.79 Å². The molecule has 1 fully saturated rings. The van der Waals surface area contributed by atoms with Crippen molar-refractivity contribution in [2.24, 2.45) is 17.3 Å². The van der Waals surface area contributed by atoms with Crippen LogP contribution in [0, 0.1) is 17.3 Å². The molecule has 1 aliphatic heterocycles. The molecule has 0 aromatic carbocycles. The van der Waals surface area contributed by atoms with Crippen molar-refractivity contribution in [1.29, 1.82) is 0 Å². The Hall–Kier alpha value is -0.530. The van der Waals surface area contributed by atoms with E-state index in [1.54, 1.807) is 0 Å². The lowest BCUT2D eigenvalue weighted by Crippen LogP contribution is -2.40. The molecule has 15 heavy (non-hydrogen) atoms. The van der Waals surface area contributed by atoms with Gasteiger partial charge in [-0.1, -0.05) is 41.0 Å². The fourth-order valence-electron chi connectivity index (χ4n) is 2.66. The second-order valence-corrected chi connectivity index (χ2v) is 5.74. The topological polar surface area (TPSA) is 29.1 Å². The molecule has 1 aliphatic rings. The highest BCUT2D eigenvalue weighted by molar-refractivity contribution is 5.80. The lowest BCUT2D eigenvalue weighted by molar-refractivity contribution is -0.119. The average molecular weight is 211 g/mol. The van der Waals surface area contributed by atoms with Crippen LogP contribution >= 0.6 is 0 Å². The van der Waals surface area contributed by atoms with Crippen LogP contribution in [0.2, 0.25) is 0 Å². The maximum Gasteiger partial charge on any atom is 0.220 e. The average Bonchev–Trinajstić information content (AvgIpc) is 2.40. The fourth-order valence-corrected chi connectivity index (χ4v) is 2.66. The standard InChI is InChI=1S/C13H25NO/c1-6-10(4)13(5)8-12(15)14-11(13)7-9(2)3/h9-11H,6-8H2,1-5H3,(H,14,15). The van der Waals surface area contributed by atoms with E-state index in [2.05, 4.69) is 39.9 Å². The minimum absolute atomic E-state index is 0.163. The van der Waals surface area contributed by atoms with Crippen molar-refractivity contribution in [2.75, 3.05) is 0 Å². The smallest absolute Gasteiger partial charge is 0.220 e. The number of amides is 1. The Morgan fingerprint density at radius 3 is 2.53 bits per heavy atom. The molecule has 88 valence electrons. The molecule has 1 amide bonds. The summed E-state index contributed by atoms with van der Waals surface area (Å²) < 4.78 is 0. The second-order valence-electron chi connectivity index (χ2n) is 5.74. The Bertz CT molecular complexity index is 237. The molecule has 0 radical (unpaired) electrons. The minimum atomic E-state index is 0.163. The number of hydrogen-bond donors (Lipinski definition) is 1. The zero-order valence-corrected chi connectivity index (χ0v) is 10.8. The Balaban J connectivity index is 2.79. The summed E-state index contributed by atoms with van der Waals surface area (Å²) in [4.78, 5) is 11.6. The minimum Gasteiger partial charge on any atom is -0.353 e. The molecule has 1 N–H and O–H groups in total. The molecule has 2 heteroatoms. The summed E-state index contributed by atoms with van der Waals surface area (Å²) >= 11 is 0. The quantitative estimate of drug-likeness (QED) is 0.761. The highest BCUT2D eigenvalue weighted by Crippen LogP contribution is 2.42. The van der Waals surface area contributed by atoms with Gasteiger partial charge in [-0.3, -0.25) is 4.79 Å². The Morgan fingerprint density at radius 2 is 2.07 bits per heavy atom. The lowest BCUT2D eigenvalue weighted by Gasteiger charge is -2.36. The molecule has 3 atom stereocenters. The van der Waals surface area contributed by atoms with Gasteiger partial charge in [-0.25, -0.2) is 0 Å². The van der Waals surface area contributed by atoms with E-state index in [1.807, 2.05) is 0 Å². The van der Waals surface area contributed by atoms with Gasteiger partial charge < -0.3 is 5.32 Å². The van der Waals surface area contributed by atoms with Crippen molar-refractivity contribution in [3.63, 3.8) is 0 Å². The van der Waals surface area contributed by atoms with Crippen molar-refractivity contribution in [3.8, 4) is 0 Å². The van der Waals surface area contributed by atoms with Crippen LogP contribution in [0.25, 0.3) is 0 Å². The normalized spacial score (nSPS) is 33.2. The van der Waals surface area contributed by atoms with E-state index in [1.165, 1.54) is 0 Å². The summed E-state index contributed by atoms with van der Waals surface area (Å²) in [7, 11) is 0. The summed E-state index contributed by atoms with van der Waals surface area (Å²) in [6, 6.07) is 0.375. The van der Waals surface area contributed by atoms with Crippen LogP contribution in [0.5, 0.6) is 0 Å². The Morgan fingerprint density at radius 1 is 1.47 bits per heavy atom. The predicted octanol–water partition coefficient (Wildman–Crippen LogP) is 2.97. The van der Waals surface area contributed by atoms with Crippen LogP contribution in [0.1, 0.15) is 53.9 Å². The third kappa shape index (κ3) is 2.53. The highest BCUT2D eigenvalue weighted by Gasteiger charge is 2.45. The first kappa shape index (κ1) is 12.5. The second kappa shape index (κ2) is 4.54. The molecule has 0 saturated carbocycles. The van der Waals surface area contributed by atoms with Gasteiger partial charge in [-0.15, -0.1) is 0 Å². The van der Waals surface area contributed by atoms with Gasteiger partial charge in [-0.05, 0) is 23.7 Å². The first-order valence-electron chi connectivity index (χ1n) is 6.19. The zero-order valence-electron chi connectivity index (χ0n) is 10.8. The third-order valence-corrected chi connectivity index (χ3v) is 4.12. The van der Waals surface area contributed by atoms with Crippen LogP contribution in [-0.2, 0) is 4.79 Å². The molecule has 0 aromatic rings. The van der Waals surface area contributed by atoms with Crippen molar-refractivity contribution in [1.82, 2.24) is 5.32 Å². The van der Waals surface area contributed by atoms with Crippen LogP contribution < -0.4 is 5.32 Å². The van der Waals surface area contributed by atoms with E-state index in [4.69, 9.17) is 0 Å². The fraction of sp³-hybridized carbons (Fsp3) is 0.923. The highest BCUT2D eigenvalue weighted by atomic mass is 16.2. The summed E-state index contributed by atoms with van der Waals surface area (Å²) in [5.74, 6) is 1.50. The van der Waals surface area contributed by atoms with Crippen molar-refractivity contribution < 1.29 is 4.79 Å². The van der Waals surface area contributed by atoms with Crippen molar-refractivity contribution >= 4 is 5.91 Å². The number of carbonyl (C=O) groups excluding carboxylic acids is 1. The van der Waals surface area contributed by atoms with E-state index in [0.29, 0.717) is 24.3 Å². The van der Waals surface area contributed by atoms with Crippen LogP contribution in [0.3, 0.4) is 0 Å². The number of rotatable bonds is 4. The molecule has 2 nitrogen and oxygen atoms in total. The van der Waals surface area contributed by atoms with Gasteiger partial charge >= 0.3 is 0 Å². The van der Waals surface area contributed by atoms with Crippen LogP contribution in [0.15, 0.2) is 0 Å². The maximum absolute atomic E-state index is 11.6. The summed E-state index contributed by atoms with van der Waals surface area (Å²) in [6.45, 7) is 11.2. The SMILES string of the molecule is CCC(C)C1(C)CC(=O)NC1CC(C)C. The van der Waals surface area contributed by atoms with Crippen molar-refractivity contribution in [3.05, 3.63) is 0 Å². The summed E-state index contributed by atoms with van der Waals surface area (Å²) in [5.41, 5.74) is 0.163.